The van der Waals surface area contributed by atoms with Crippen molar-refractivity contribution in [1.29, 1.82) is 0 Å². The topological polar surface area (TPSA) is 58.2 Å². The van der Waals surface area contributed by atoms with Crippen molar-refractivity contribution in [3.8, 4) is 0 Å². The van der Waals surface area contributed by atoms with Crippen LogP contribution in [0.15, 0.2) is 24.3 Å². The summed E-state index contributed by atoms with van der Waals surface area (Å²) in [4.78, 5) is 24.7. The van der Waals surface area contributed by atoms with Crippen LogP contribution < -0.4 is 10.6 Å². The molecular formula is C21H30N2O2. The van der Waals surface area contributed by atoms with E-state index in [9.17, 15) is 9.59 Å². The van der Waals surface area contributed by atoms with Crippen molar-refractivity contribution in [3.63, 3.8) is 0 Å². The average Bonchev–Trinajstić information content (AvgIpc) is 2.91. The molecule has 0 radical (unpaired) electrons. The van der Waals surface area contributed by atoms with Crippen molar-refractivity contribution in [2.45, 2.75) is 82.7 Å². The molecule has 136 valence electrons. The van der Waals surface area contributed by atoms with Gasteiger partial charge in [0.2, 0.25) is 0 Å². The van der Waals surface area contributed by atoms with Gasteiger partial charge in [-0.2, -0.15) is 0 Å². The molecule has 2 saturated carbocycles. The molecule has 25 heavy (non-hydrogen) atoms. The molecule has 2 aliphatic rings. The molecule has 1 aromatic carbocycles. The highest BCUT2D eigenvalue weighted by atomic mass is 16.2. The van der Waals surface area contributed by atoms with Gasteiger partial charge in [-0.15, -0.1) is 0 Å². The highest BCUT2D eigenvalue weighted by molar-refractivity contribution is 5.98. The van der Waals surface area contributed by atoms with Gasteiger partial charge in [0.15, 0.2) is 0 Å². The van der Waals surface area contributed by atoms with E-state index in [2.05, 4.69) is 10.6 Å². The van der Waals surface area contributed by atoms with Gasteiger partial charge < -0.3 is 10.6 Å². The first-order valence-corrected chi connectivity index (χ1v) is 9.94. The monoisotopic (exact) mass is 342 g/mol. The molecular weight excluding hydrogens is 312 g/mol. The Balaban J connectivity index is 1.53. The lowest BCUT2D eigenvalue weighted by Gasteiger charge is -2.22. The Hall–Kier alpha value is -1.84. The van der Waals surface area contributed by atoms with E-state index in [0.717, 1.165) is 25.7 Å². The van der Waals surface area contributed by atoms with Crippen LogP contribution in [0.5, 0.6) is 0 Å². The Kier molecular flexibility index (Phi) is 6.48. The van der Waals surface area contributed by atoms with Gasteiger partial charge in [0, 0.05) is 23.2 Å². The SMILES string of the molecule is O=C(NC1CCCCCC1)c1ccc(C(=O)NC2CCCCC2)cc1. The van der Waals surface area contributed by atoms with Crippen molar-refractivity contribution in [2.24, 2.45) is 0 Å². The Morgan fingerprint density at radius 2 is 0.920 bits per heavy atom. The molecule has 2 aliphatic carbocycles. The summed E-state index contributed by atoms with van der Waals surface area (Å²) in [6.45, 7) is 0. The predicted molar refractivity (Wildman–Crippen MR) is 99.7 cm³/mol. The summed E-state index contributed by atoms with van der Waals surface area (Å²) in [5.74, 6) is -0.0474. The molecule has 4 nitrogen and oxygen atoms in total. The number of hydrogen-bond donors (Lipinski definition) is 2. The molecule has 2 fully saturated rings. The van der Waals surface area contributed by atoms with Gasteiger partial charge >= 0.3 is 0 Å². The normalized spacial score (nSPS) is 19.8. The van der Waals surface area contributed by atoms with Gasteiger partial charge in [0.1, 0.15) is 0 Å². The minimum atomic E-state index is -0.0253. The highest BCUT2D eigenvalue weighted by Crippen LogP contribution is 2.19. The molecule has 0 heterocycles. The van der Waals surface area contributed by atoms with Gasteiger partial charge in [-0.1, -0.05) is 44.9 Å². The minimum absolute atomic E-state index is 0.0221. The molecule has 2 amide bonds. The highest BCUT2D eigenvalue weighted by Gasteiger charge is 2.18. The van der Waals surface area contributed by atoms with Crippen LogP contribution in [0, 0.1) is 0 Å². The number of amides is 2. The maximum absolute atomic E-state index is 12.4. The van der Waals surface area contributed by atoms with Crippen LogP contribution in [0.1, 0.15) is 91.3 Å². The lowest BCUT2D eigenvalue weighted by atomic mass is 9.95. The third-order valence-electron chi connectivity index (χ3n) is 5.54. The summed E-state index contributed by atoms with van der Waals surface area (Å²) in [5.41, 5.74) is 1.27. The van der Waals surface area contributed by atoms with Gasteiger partial charge in [-0.25, -0.2) is 0 Å². The lowest BCUT2D eigenvalue weighted by Crippen LogP contribution is -2.36. The van der Waals surface area contributed by atoms with Crippen LogP contribution in [0.2, 0.25) is 0 Å². The van der Waals surface area contributed by atoms with Crippen LogP contribution in [-0.2, 0) is 0 Å². The Morgan fingerprint density at radius 3 is 1.28 bits per heavy atom. The zero-order chi connectivity index (χ0) is 17.5. The van der Waals surface area contributed by atoms with Crippen molar-refractivity contribution in [2.75, 3.05) is 0 Å². The standard InChI is InChI=1S/C21H30N2O2/c24-20(22-18-8-4-1-2-5-9-18)16-12-14-17(15-13-16)21(25)23-19-10-6-3-7-11-19/h12-15,18-19H,1-11H2,(H,22,24)(H,23,25). The summed E-state index contributed by atoms with van der Waals surface area (Å²) < 4.78 is 0. The third-order valence-corrected chi connectivity index (χ3v) is 5.54. The fourth-order valence-corrected chi connectivity index (χ4v) is 3.98. The molecule has 0 atom stereocenters. The molecule has 1 aromatic rings. The Morgan fingerprint density at radius 1 is 0.600 bits per heavy atom. The van der Waals surface area contributed by atoms with E-state index in [4.69, 9.17) is 0 Å². The second kappa shape index (κ2) is 9.02. The van der Waals surface area contributed by atoms with Gasteiger partial charge in [0.25, 0.3) is 11.8 Å². The van der Waals surface area contributed by atoms with Crippen LogP contribution in [0.4, 0.5) is 0 Å². The Labute approximate surface area is 150 Å². The number of benzene rings is 1. The molecule has 0 saturated heterocycles. The molecule has 0 spiro atoms. The summed E-state index contributed by atoms with van der Waals surface area (Å²) in [5, 5.41) is 6.27. The second-order valence-electron chi connectivity index (χ2n) is 7.55. The van der Waals surface area contributed by atoms with Crippen molar-refractivity contribution in [3.05, 3.63) is 35.4 Å². The molecule has 0 unspecified atom stereocenters. The average molecular weight is 342 g/mol. The molecule has 2 N–H and O–H groups in total. The van der Waals surface area contributed by atoms with Crippen LogP contribution in [0.3, 0.4) is 0 Å². The van der Waals surface area contributed by atoms with Crippen molar-refractivity contribution in [1.82, 2.24) is 10.6 Å². The summed E-state index contributed by atoms with van der Waals surface area (Å²) in [6.07, 6.45) is 12.9. The minimum Gasteiger partial charge on any atom is -0.349 e. The summed E-state index contributed by atoms with van der Waals surface area (Å²) >= 11 is 0. The quantitative estimate of drug-likeness (QED) is 0.806. The number of carbonyl (C=O) groups is 2. The van der Waals surface area contributed by atoms with E-state index in [0.29, 0.717) is 23.2 Å². The zero-order valence-corrected chi connectivity index (χ0v) is 15.1. The molecule has 4 heteroatoms. The largest absolute Gasteiger partial charge is 0.349 e. The second-order valence-corrected chi connectivity index (χ2v) is 7.55. The fraction of sp³-hybridized carbons (Fsp3) is 0.619. The number of rotatable bonds is 4. The maximum Gasteiger partial charge on any atom is 0.251 e. The maximum atomic E-state index is 12.4. The predicted octanol–water partition coefficient (Wildman–Crippen LogP) is 4.20. The summed E-state index contributed by atoms with van der Waals surface area (Å²) in [6, 6.07) is 7.66. The van der Waals surface area contributed by atoms with E-state index in [-0.39, 0.29) is 11.8 Å². The van der Waals surface area contributed by atoms with Gasteiger partial charge in [0.05, 0.1) is 0 Å². The van der Waals surface area contributed by atoms with Crippen molar-refractivity contribution >= 4 is 11.8 Å². The van der Waals surface area contributed by atoms with Crippen LogP contribution >= 0.6 is 0 Å². The fourth-order valence-electron chi connectivity index (χ4n) is 3.98. The molecule has 3 rings (SSSR count). The van der Waals surface area contributed by atoms with Crippen LogP contribution in [-0.4, -0.2) is 23.9 Å². The van der Waals surface area contributed by atoms with E-state index in [1.165, 1.54) is 44.9 Å². The number of hydrogen-bond acceptors (Lipinski definition) is 2. The molecule has 0 aromatic heterocycles. The molecule has 0 aliphatic heterocycles. The number of nitrogens with one attached hydrogen (secondary N) is 2. The van der Waals surface area contributed by atoms with E-state index < -0.39 is 0 Å². The Bertz CT molecular complexity index is 568. The van der Waals surface area contributed by atoms with Crippen molar-refractivity contribution < 1.29 is 9.59 Å². The van der Waals surface area contributed by atoms with Crippen LogP contribution in [0.25, 0.3) is 0 Å². The smallest absolute Gasteiger partial charge is 0.251 e. The third kappa shape index (κ3) is 5.32. The van der Waals surface area contributed by atoms with E-state index in [1.54, 1.807) is 24.3 Å². The van der Waals surface area contributed by atoms with E-state index >= 15 is 0 Å². The lowest BCUT2D eigenvalue weighted by molar-refractivity contribution is 0.0918. The first-order valence-electron chi connectivity index (χ1n) is 9.94. The van der Waals surface area contributed by atoms with Gasteiger partial charge in [-0.3, -0.25) is 9.59 Å². The summed E-state index contributed by atoms with van der Waals surface area (Å²) in [7, 11) is 0. The van der Waals surface area contributed by atoms with E-state index in [1.807, 2.05) is 0 Å². The number of carbonyl (C=O) groups excluding carboxylic acids is 2. The first kappa shape index (κ1) is 18.0. The van der Waals surface area contributed by atoms with Gasteiger partial charge in [-0.05, 0) is 49.9 Å². The molecule has 0 bridgehead atoms. The zero-order valence-electron chi connectivity index (χ0n) is 15.1. The first-order chi connectivity index (χ1) is 12.2.